The van der Waals surface area contributed by atoms with Crippen molar-refractivity contribution in [2.75, 3.05) is 5.32 Å². The van der Waals surface area contributed by atoms with E-state index in [9.17, 15) is 0 Å². The second-order valence-electron chi connectivity index (χ2n) is 4.13. The minimum Gasteiger partial charge on any atom is -0.349 e. The lowest BCUT2D eigenvalue weighted by Crippen LogP contribution is -2.06. The quantitative estimate of drug-likeness (QED) is 0.884. The van der Waals surface area contributed by atoms with E-state index in [0.29, 0.717) is 6.04 Å². The summed E-state index contributed by atoms with van der Waals surface area (Å²) < 4.78 is 2.22. The third-order valence-corrected chi connectivity index (χ3v) is 3.64. The molecule has 0 bridgehead atoms. The fraction of sp³-hybridized carbons (Fsp3) is 0.455. The number of thiazole rings is 1. The van der Waals surface area contributed by atoms with Crippen molar-refractivity contribution in [1.82, 2.24) is 14.5 Å². The zero-order valence-corrected chi connectivity index (χ0v) is 10.00. The Labute approximate surface area is 98.4 Å². The third-order valence-electron chi connectivity index (χ3n) is 2.67. The molecule has 1 fully saturated rings. The molecule has 16 heavy (non-hydrogen) atoms. The average molecular weight is 234 g/mol. The lowest BCUT2D eigenvalue weighted by Gasteiger charge is -2.06. The third kappa shape index (κ3) is 1.95. The normalized spacial score (nSPS) is 15.3. The second-order valence-corrected chi connectivity index (χ2v) is 5.07. The molecule has 0 aliphatic heterocycles. The number of aromatic nitrogens is 3. The predicted molar refractivity (Wildman–Crippen MR) is 64.7 cm³/mol. The van der Waals surface area contributed by atoms with Crippen LogP contribution in [-0.4, -0.2) is 14.5 Å². The zero-order chi connectivity index (χ0) is 11.0. The van der Waals surface area contributed by atoms with Crippen molar-refractivity contribution in [1.29, 1.82) is 0 Å². The molecule has 3 rings (SSSR count). The highest BCUT2D eigenvalue weighted by atomic mass is 32.1. The molecule has 0 spiro atoms. The molecule has 4 nitrogen and oxygen atoms in total. The van der Waals surface area contributed by atoms with Gasteiger partial charge in [0.05, 0.1) is 6.54 Å². The molecule has 2 aromatic rings. The molecule has 0 amide bonds. The summed E-state index contributed by atoms with van der Waals surface area (Å²) in [4.78, 5) is 8.75. The number of nitrogens with zero attached hydrogens (tertiary/aromatic N) is 3. The highest BCUT2D eigenvalue weighted by Gasteiger charge is 2.25. The molecule has 1 aliphatic carbocycles. The van der Waals surface area contributed by atoms with Gasteiger partial charge >= 0.3 is 0 Å². The number of rotatable bonds is 4. The molecule has 84 valence electrons. The number of imidazole rings is 1. The molecule has 2 aromatic heterocycles. The van der Waals surface area contributed by atoms with Gasteiger partial charge in [-0.25, -0.2) is 9.97 Å². The summed E-state index contributed by atoms with van der Waals surface area (Å²) in [6.07, 6.45) is 6.46. The van der Waals surface area contributed by atoms with Gasteiger partial charge in [-0.3, -0.25) is 0 Å². The Morgan fingerprint density at radius 1 is 1.56 bits per heavy atom. The Morgan fingerprint density at radius 3 is 3.12 bits per heavy atom. The first-order valence-electron chi connectivity index (χ1n) is 5.50. The highest BCUT2D eigenvalue weighted by molar-refractivity contribution is 7.09. The largest absolute Gasteiger partial charge is 0.349 e. The molecule has 0 saturated heterocycles. The van der Waals surface area contributed by atoms with Crippen molar-refractivity contribution >= 4 is 17.3 Å². The first-order chi connectivity index (χ1) is 7.83. The standard InChI is InChI=1S/C11H14N4S/c1-8-7-16-10(14-8)6-13-11-12-4-5-15(11)9-2-3-9/h4-5,7,9H,2-3,6H2,1H3,(H,12,13). The van der Waals surface area contributed by atoms with Crippen LogP contribution in [0.1, 0.15) is 29.6 Å². The van der Waals surface area contributed by atoms with Gasteiger partial charge in [-0.1, -0.05) is 0 Å². The van der Waals surface area contributed by atoms with Gasteiger partial charge in [0, 0.05) is 29.5 Å². The van der Waals surface area contributed by atoms with Crippen LogP contribution in [0.15, 0.2) is 17.8 Å². The Bertz CT molecular complexity index is 484. The van der Waals surface area contributed by atoms with E-state index in [1.165, 1.54) is 12.8 Å². The van der Waals surface area contributed by atoms with E-state index in [0.717, 1.165) is 23.2 Å². The molecular formula is C11H14N4S. The summed E-state index contributed by atoms with van der Waals surface area (Å²) in [5.41, 5.74) is 1.09. The topological polar surface area (TPSA) is 42.7 Å². The van der Waals surface area contributed by atoms with Crippen molar-refractivity contribution in [3.05, 3.63) is 28.5 Å². The van der Waals surface area contributed by atoms with Gasteiger partial charge in [-0.15, -0.1) is 11.3 Å². The van der Waals surface area contributed by atoms with Crippen LogP contribution in [0.25, 0.3) is 0 Å². The van der Waals surface area contributed by atoms with Gasteiger partial charge in [-0.05, 0) is 19.8 Å². The maximum Gasteiger partial charge on any atom is 0.203 e. The number of hydrogen-bond donors (Lipinski definition) is 1. The van der Waals surface area contributed by atoms with Gasteiger partial charge in [0.2, 0.25) is 5.95 Å². The van der Waals surface area contributed by atoms with Gasteiger partial charge in [-0.2, -0.15) is 0 Å². The van der Waals surface area contributed by atoms with E-state index in [1.807, 2.05) is 19.3 Å². The Kier molecular flexibility index (Phi) is 2.40. The molecule has 0 atom stereocenters. The second kappa shape index (κ2) is 3.90. The van der Waals surface area contributed by atoms with Crippen LogP contribution in [0.3, 0.4) is 0 Å². The molecule has 0 radical (unpaired) electrons. The zero-order valence-electron chi connectivity index (χ0n) is 9.18. The summed E-state index contributed by atoms with van der Waals surface area (Å²) in [5, 5.41) is 6.53. The van der Waals surface area contributed by atoms with Gasteiger partial charge < -0.3 is 9.88 Å². The van der Waals surface area contributed by atoms with E-state index < -0.39 is 0 Å². The smallest absolute Gasteiger partial charge is 0.203 e. The van der Waals surface area contributed by atoms with E-state index in [-0.39, 0.29) is 0 Å². The number of nitrogens with one attached hydrogen (secondary N) is 1. The van der Waals surface area contributed by atoms with E-state index in [4.69, 9.17) is 0 Å². The van der Waals surface area contributed by atoms with Crippen molar-refractivity contribution in [2.24, 2.45) is 0 Å². The predicted octanol–water partition coefficient (Wildman–Crippen LogP) is 2.60. The SMILES string of the molecule is Cc1csc(CNc2nccn2C2CC2)n1. The molecule has 1 aliphatic rings. The minimum atomic E-state index is 0.669. The van der Waals surface area contributed by atoms with Crippen LogP contribution < -0.4 is 5.32 Å². The summed E-state index contributed by atoms with van der Waals surface area (Å²) in [7, 11) is 0. The van der Waals surface area contributed by atoms with E-state index >= 15 is 0 Å². The maximum absolute atomic E-state index is 4.42. The molecule has 5 heteroatoms. The monoisotopic (exact) mass is 234 g/mol. The van der Waals surface area contributed by atoms with Crippen LogP contribution >= 0.6 is 11.3 Å². The van der Waals surface area contributed by atoms with Crippen LogP contribution in [0, 0.1) is 6.92 Å². The fourth-order valence-electron chi connectivity index (χ4n) is 1.74. The van der Waals surface area contributed by atoms with Crippen LogP contribution in [0.5, 0.6) is 0 Å². The molecule has 1 saturated carbocycles. The first kappa shape index (κ1) is 9.84. The van der Waals surface area contributed by atoms with E-state index in [2.05, 4.69) is 25.2 Å². The average Bonchev–Trinajstić information content (AvgIpc) is 2.86. The van der Waals surface area contributed by atoms with Crippen molar-refractivity contribution < 1.29 is 0 Å². The van der Waals surface area contributed by atoms with E-state index in [1.54, 1.807) is 11.3 Å². The van der Waals surface area contributed by atoms with Crippen molar-refractivity contribution in [3.63, 3.8) is 0 Å². The Balaban J connectivity index is 1.67. The van der Waals surface area contributed by atoms with Crippen LogP contribution in [-0.2, 0) is 6.54 Å². The van der Waals surface area contributed by atoms with Crippen molar-refractivity contribution in [3.8, 4) is 0 Å². The first-order valence-corrected chi connectivity index (χ1v) is 6.38. The number of hydrogen-bond acceptors (Lipinski definition) is 4. The molecule has 1 N–H and O–H groups in total. The van der Waals surface area contributed by atoms with Gasteiger partial charge in [0.1, 0.15) is 5.01 Å². The molecule has 0 unspecified atom stereocenters. The van der Waals surface area contributed by atoms with Crippen LogP contribution in [0.4, 0.5) is 5.95 Å². The Hall–Kier alpha value is -1.36. The lowest BCUT2D eigenvalue weighted by atomic mass is 10.5. The summed E-state index contributed by atoms with van der Waals surface area (Å²) in [5.74, 6) is 0.968. The van der Waals surface area contributed by atoms with Crippen LogP contribution in [0.2, 0.25) is 0 Å². The Morgan fingerprint density at radius 2 is 2.44 bits per heavy atom. The number of anilines is 1. The summed E-state index contributed by atoms with van der Waals surface area (Å²) in [6, 6.07) is 0.669. The summed E-state index contributed by atoms with van der Waals surface area (Å²) >= 11 is 1.69. The highest BCUT2D eigenvalue weighted by Crippen LogP contribution is 2.36. The van der Waals surface area contributed by atoms with Gasteiger partial charge in [0.25, 0.3) is 0 Å². The number of aryl methyl sites for hydroxylation is 1. The maximum atomic E-state index is 4.42. The molecular weight excluding hydrogens is 220 g/mol. The molecule has 2 heterocycles. The van der Waals surface area contributed by atoms with Crippen molar-refractivity contribution in [2.45, 2.75) is 32.4 Å². The summed E-state index contributed by atoms with van der Waals surface area (Å²) in [6.45, 7) is 2.79. The fourth-order valence-corrected chi connectivity index (χ4v) is 2.45. The minimum absolute atomic E-state index is 0.669. The molecule has 0 aromatic carbocycles. The lowest BCUT2D eigenvalue weighted by molar-refractivity contribution is 0.743. The van der Waals surface area contributed by atoms with Gasteiger partial charge in [0.15, 0.2) is 0 Å².